The molecule has 2 aromatic carbocycles. The molecule has 3 nitrogen and oxygen atoms in total. The Bertz CT molecular complexity index is 1420. The number of aromatic nitrogens is 2. The van der Waals surface area contributed by atoms with E-state index in [-0.39, 0.29) is 55.9 Å². The highest BCUT2D eigenvalue weighted by Crippen LogP contribution is 3.28. The van der Waals surface area contributed by atoms with Gasteiger partial charge in [-0.2, -0.15) is 0 Å². The standard InChI is InChI=1S/C9H9BrN2S.C7H3BrClNS.C3H8.H21P19/c1-12(2)9-11-7-4-3-6(10)5-8(7)13-9;8-4-1-2-5-6(3-4)11-7(9)10-5;1-3-2;1-11-16(10)19(17(12(2)3)13(4)5)18(14(6)7)15(8)9/h3-5H,1-2H3;1-3H;3H2,1-2H3;11H,1-10H2. The average Bonchev–Trinajstić information content (AvgIpc) is 3.54. The van der Waals surface area contributed by atoms with E-state index in [0.29, 0.717) is 4.47 Å². The lowest BCUT2D eigenvalue weighted by atomic mass is 10.3. The molecular weight excluding hydrogens is 1120 g/mol. The molecule has 0 saturated heterocycles. The van der Waals surface area contributed by atoms with Crippen LogP contribution in [0, 0.1) is 0 Å². The quantitative estimate of drug-likeness (QED) is 0.156. The molecule has 0 aliphatic rings. The van der Waals surface area contributed by atoms with Gasteiger partial charge in [0.2, 0.25) is 0 Å². The van der Waals surface area contributed by atoms with Gasteiger partial charge in [-0.15, -0.1) is 101 Å². The number of hydrogen-bond acceptors (Lipinski definition) is 5. The number of nitrogens with zero attached hydrogens (tertiary/aromatic N) is 3. The van der Waals surface area contributed by atoms with E-state index in [2.05, 4.69) is 151 Å². The van der Waals surface area contributed by atoms with Crippen LogP contribution >= 0.6 is 219 Å². The van der Waals surface area contributed by atoms with Gasteiger partial charge in [0, 0.05) is 23.0 Å². The summed E-state index contributed by atoms with van der Waals surface area (Å²) < 4.78 is 5.10. The zero-order valence-electron chi connectivity index (χ0n) is 25.3. The van der Waals surface area contributed by atoms with E-state index in [4.69, 9.17) is 11.6 Å². The third kappa shape index (κ3) is 18.8. The Kier molecular flexibility index (Phi) is 31.3. The fourth-order valence-corrected chi connectivity index (χ4v) is 225. The second-order valence-electron chi connectivity index (χ2n) is 8.59. The van der Waals surface area contributed by atoms with Crippen LogP contribution in [0.5, 0.6) is 0 Å². The van der Waals surface area contributed by atoms with E-state index in [1.54, 1.807) is 11.3 Å². The maximum absolute atomic E-state index is 5.73. The molecule has 0 aliphatic carbocycles. The first-order valence-electron chi connectivity index (χ1n) is 12.5. The summed E-state index contributed by atoms with van der Waals surface area (Å²) in [4.78, 5) is 10.6. The normalized spacial score (nSPS) is 12.4. The number of benzene rings is 2. The van der Waals surface area contributed by atoms with Crippen LogP contribution < -0.4 is 4.90 Å². The molecule has 0 radical (unpaired) electrons. The summed E-state index contributed by atoms with van der Waals surface area (Å²) in [7, 11) is 36.5. The minimum Gasteiger partial charge on any atom is -0.354 e. The van der Waals surface area contributed by atoms with Crippen molar-refractivity contribution in [3.8, 4) is 0 Å². The van der Waals surface area contributed by atoms with Crippen molar-refractivity contribution in [1.29, 1.82) is 0 Å². The lowest BCUT2D eigenvalue weighted by Gasteiger charge is -2.44. The lowest BCUT2D eigenvalue weighted by molar-refractivity contribution is 1.09. The van der Waals surface area contributed by atoms with Gasteiger partial charge in [-0.3, -0.25) is 0 Å². The molecule has 0 amide bonds. The van der Waals surface area contributed by atoms with E-state index in [1.165, 1.54) is 22.5 Å². The van der Waals surface area contributed by atoms with Gasteiger partial charge in [-0.25, -0.2) is 9.97 Å². The maximum atomic E-state index is 5.73. The van der Waals surface area contributed by atoms with E-state index in [1.807, 2.05) is 49.3 Å². The van der Waals surface area contributed by atoms with Crippen LogP contribution in [0.3, 0.4) is 0 Å². The molecule has 0 fully saturated rings. The van der Waals surface area contributed by atoms with Crippen LogP contribution in [-0.2, 0) is 0 Å². The van der Waals surface area contributed by atoms with Crippen LogP contribution in [0.2, 0.25) is 4.47 Å². The molecule has 27 heteroatoms. The number of rotatable bonds is 9. The van der Waals surface area contributed by atoms with Crippen LogP contribution in [0.15, 0.2) is 45.3 Å². The van der Waals surface area contributed by atoms with E-state index >= 15 is 0 Å². The van der Waals surface area contributed by atoms with Crippen LogP contribution in [-0.4, -0.2) is 24.1 Å². The fraction of sp³-hybridized carbons (Fsp3) is 0.263. The third-order valence-corrected chi connectivity index (χ3v) is 126. The van der Waals surface area contributed by atoms with Crippen molar-refractivity contribution < 1.29 is 0 Å². The Labute approximate surface area is 340 Å². The Balaban J connectivity index is 0.000000340. The molecule has 2 aromatic heterocycles. The molecule has 46 heavy (non-hydrogen) atoms. The molecule has 12 atom stereocenters. The molecule has 4 rings (SSSR count). The molecular formula is C19H41Br2ClN3P19S2. The number of hydrogen-bond donors (Lipinski definition) is 0. The number of anilines is 1. The highest BCUT2D eigenvalue weighted by atomic mass is 79.9. The van der Waals surface area contributed by atoms with Gasteiger partial charge < -0.3 is 4.90 Å². The van der Waals surface area contributed by atoms with Gasteiger partial charge in [-0.05, 0) is 92.3 Å². The van der Waals surface area contributed by atoms with Gasteiger partial charge in [0.25, 0.3) is 0 Å². The van der Waals surface area contributed by atoms with Crippen molar-refractivity contribution in [3.63, 3.8) is 0 Å². The molecule has 0 bridgehead atoms. The van der Waals surface area contributed by atoms with Gasteiger partial charge in [0.15, 0.2) is 9.60 Å². The number of fused-ring (bicyclic) bond motifs is 2. The first kappa shape index (κ1) is 51.5. The fourth-order valence-electron chi connectivity index (χ4n) is 2.85. The SMILES string of the molecule is CCC.CN(C)c1nc2ccc(Br)cc2s1.Clc1nc2ccc(Br)cc2s1.PPP(P)P(P(P(P)P)P(P)P)P(P(P)P)P(P)P. The van der Waals surface area contributed by atoms with Crippen molar-refractivity contribution in [3.05, 3.63) is 49.8 Å². The molecule has 0 spiro atoms. The minimum absolute atomic E-state index is 0.0492. The monoisotopic (exact) mass is 1160 g/mol. The van der Waals surface area contributed by atoms with E-state index in [0.717, 1.165) is 37.8 Å². The van der Waals surface area contributed by atoms with Crippen molar-refractivity contribution >= 4 is 245 Å². The smallest absolute Gasteiger partial charge is 0.185 e. The van der Waals surface area contributed by atoms with Gasteiger partial charge in [0.1, 0.15) is 0 Å². The minimum atomic E-state index is 0.0492. The summed E-state index contributed by atoms with van der Waals surface area (Å²) in [6.45, 7) is 5.10. The molecule has 2 heterocycles. The highest BCUT2D eigenvalue weighted by Gasteiger charge is 2.40. The predicted molar refractivity (Wildman–Crippen MR) is 291 cm³/mol. The summed E-state index contributed by atoms with van der Waals surface area (Å²) in [5.41, 5.74) is 2.03. The molecule has 260 valence electrons. The number of thiazole rings is 2. The lowest BCUT2D eigenvalue weighted by Crippen LogP contribution is -2.07. The molecule has 0 saturated carbocycles. The molecule has 0 aliphatic heterocycles. The maximum Gasteiger partial charge on any atom is 0.185 e. The zero-order valence-corrected chi connectivity index (χ0v) is 50.6. The predicted octanol–water partition coefficient (Wildman–Crippen LogP) is 19.0. The molecule has 4 aromatic rings. The summed E-state index contributed by atoms with van der Waals surface area (Å²) in [6, 6.07) is 12.1. The van der Waals surface area contributed by atoms with Crippen molar-refractivity contribution in [2.45, 2.75) is 20.3 Å². The summed E-state index contributed by atoms with van der Waals surface area (Å²) in [5, 5.41) is 1.05. The molecule has 12 unspecified atom stereocenters. The zero-order chi connectivity index (χ0) is 35.3. The second-order valence-corrected chi connectivity index (χ2v) is 85.8. The van der Waals surface area contributed by atoms with Gasteiger partial charge >= 0.3 is 0 Å². The Morgan fingerprint density at radius 3 is 1.48 bits per heavy atom. The summed E-state index contributed by atoms with van der Waals surface area (Å²) >= 11 is 15.7. The first-order chi connectivity index (χ1) is 21.5. The third-order valence-electron chi connectivity index (χ3n) is 4.52. The van der Waals surface area contributed by atoms with Gasteiger partial charge in [-0.1, -0.05) is 83.0 Å². The number of halogens is 3. The first-order valence-corrected chi connectivity index (χ1v) is 50.0. The van der Waals surface area contributed by atoms with Crippen LogP contribution in [0.1, 0.15) is 20.3 Å². The second kappa shape index (κ2) is 28.0. The average molecular weight is 1160 g/mol. The largest absolute Gasteiger partial charge is 0.354 e. The van der Waals surface area contributed by atoms with E-state index < -0.39 is 0 Å². The Hall–Kier alpha value is 7.44. The summed E-state index contributed by atoms with van der Waals surface area (Å²) in [6.07, 6.45) is 1.25. The van der Waals surface area contributed by atoms with Crippen molar-refractivity contribution in [1.82, 2.24) is 9.97 Å². The Morgan fingerprint density at radius 2 is 1.11 bits per heavy atom. The van der Waals surface area contributed by atoms with Gasteiger partial charge in [0.05, 0.1) is 20.4 Å². The van der Waals surface area contributed by atoms with Crippen LogP contribution in [0.25, 0.3) is 20.4 Å². The highest BCUT2D eigenvalue weighted by molar-refractivity contribution is 9.34. The molecule has 0 N–H and O–H groups in total. The van der Waals surface area contributed by atoms with Crippen LogP contribution in [0.4, 0.5) is 5.13 Å². The van der Waals surface area contributed by atoms with E-state index in [9.17, 15) is 0 Å². The van der Waals surface area contributed by atoms with Crippen molar-refractivity contribution in [2.24, 2.45) is 0 Å². The summed E-state index contributed by atoms with van der Waals surface area (Å²) in [5.74, 6) is 0. The Morgan fingerprint density at radius 1 is 0.717 bits per heavy atom. The topological polar surface area (TPSA) is 29.0 Å². The van der Waals surface area contributed by atoms with Crippen molar-refractivity contribution in [2.75, 3.05) is 19.0 Å².